The van der Waals surface area contributed by atoms with Crippen LogP contribution in [0.3, 0.4) is 0 Å². The van der Waals surface area contributed by atoms with Crippen molar-refractivity contribution < 1.29 is 27.5 Å². The largest absolute Gasteiger partial charge is 0.483 e. The van der Waals surface area contributed by atoms with Crippen molar-refractivity contribution >= 4 is 15.8 Å². The third-order valence-electron chi connectivity index (χ3n) is 4.73. The smallest absolute Gasteiger partial charge is 0.339 e. The molecule has 32 heavy (non-hydrogen) atoms. The van der Waals surface area contributed by atoms with E-state index in [1.807, 2.05) is 30.3 Å². The Kier molecular flexibility index (Phi) is 5.79. The van der Waals surface area contributed by atoms with Gasteiger partial charge in [0.2, 0.25) is 5.89 Å². The van der Waals surface area contributed by atoms with Crippen LogP contribution in [-0.2, 0) is 16.4 Å². The first-order chi connectivity index (χ1) is 15.3. The molecular weight excluding hydrogens is 430 g/mol. The molecule has 0 amide bonds. The SMILES string of the molecule is CS(=O)(=O)c1ccc(-c2oc(COc3ccccc3C(=O)O)nc2-c2ccccc2)cc1. The minimum absolute atomic E-state index is 0.0407. The highest BCUT2D eigenvalue weighted by Gasteiger charge is 2.19. The summed E-state index contributed by atoms with van der Waals surface area (Å²) >= 11 is 0. The quantitative estimate of drug-likeness (QED) is 0.436. The number of sulfone groups is 1. The van der Waals surface area contributed by atoms with E-state index in [0.717, 1.165) is 11.8 Å². The maximum absolute atomic E-state index is 11.8. The van der Waals surface area contributed by atoms with Crippen LogP contribution in [0, 0.1) is 0 Å². The summed E-state index contributed by atoms with van der Waals surface area (Å²) in [6.45, 7) is -0.0778. The van der Waals surface area contributed by atoms with Crippen LogP contribution in [-0.4, -0.2) is 30.7 Å². The number of carboxylic acids is 1. The maximum atomic E-state index is 11.8. The average molecular weight is 449 g/mol. The molecule has 4 rings (SSSR count). The van der Waals surface area contributed by atoms with E-state index < -0.39 is 15.8 Å². The molecule has 0 aliphatic rings. The van der Waals surface area contributed by atoms with Gasteiger partial charge in [-0.2, -0.15) is 0 Å². The lowest BCUT2D eigenvalue weighted by Gasteiger charge is -2.06. The van der Waals surface area contributed by atoms with Crippen LogP contribution in [0.2, 0.25) is 0 Å². The molecule has 0 bridgehead atoms. The number of aromatic nitrogens is 1. The van der Waals surface area contributed by atoms with Crippen molar-refractivity contribution in [1.29, 1.82) is 0 Å². The Morgan fingerprint density at radius 1 is 0.938 bits per heavy atom. The van der Waals surface area contributed by atoms with Gasteiger partial charge < -0.3 is 14.3 Å². The molecule has 162 valence electrons. The summed E-state index contributed by atoms with van der Waals surface area (Å²) < 4.78 is 35.2. The van der Waals surface area contributed by atoms with Crippen molar-refractivity contribution in [3.63, 3.8) is 0 Å². The van der Waals surface area contributed by atoms with Crippen LogP contribution in [0.25, 0.3) is 22.6 Å². The molecule has 0 saturated heterocycles. The minimum atomic E-state index is -3.32. The number of benzene rings is 3. The molecule has 8 heteroatoms. The maximum Gasteiger partial charge on any atom is 0.339 e. The van der Waals surface area contributed by atoms with Crippen molar-refractivity contribution in [2.75, 3.05) is 6.26 Å². The first-order valence-electron chi connectivity index (χ1n) is 9.63. The average Bonchev–Trinajstić information content (AvgIpc) is 3.22. The summed E-state index contributed by atoms with van der Waals surface area (Å²) in [6.07, 6.45) is 1.15. The number of nitrogens with zero attached hydrogens (tertiary/aromatic N) is 1. The van der Waals surface area contributed by atoms with Crippen molar-refractivity contribution in [1.82, 2.24) is 4.98 Å². The summed E-state index contributed by atoms with van der Waals surface area (Å²) in [6, 6.07) is 22.1. The van der Waals surface area contributed by atoms with Crippen LogP contribution in [0.1, 0.15) is 16.2 Å². The molecule has 1 N–H and O–H groups in total. The highest BCUT2D eigenvalue weighted by molar-refractivity contribution is 7.90. The summed E-state index contributed by atoms with van der Waals surface area (Å²) in [5.41, 5.74) is 2.08. The number of oxazole rings is 1. The summed E-state index contributed by atoms with van der Waals surface area (Å²) in [5, 5.41) is 9.33. The molecule has 1 aromatic heterocycles. The zero-order valence-electron chi connectivity index (χ0n) is 17.1. The molecular formula is C24H19NO6S. The number of ether oxygens (including phenoxy) is 1. The molecule has 0 aliphatic heterocycles. The first-order valence-corrected chi connectivity index (χ1v) is 11.5. The minimum Gasteiger partial charge on any atom is -0.483 e. The van der Waals surface area contributed by atoms with Gasteiger partial charge in [-0.3, -0.25) is 0 Å². The van der Waals surface area contributed by atoms with Gasteiger partial charge in [-0.15, -0.1) is 0 Å². The molecule has 0 saturated carbocycles. The first kappa shape index (κ1) is 21.3. The number of hydrogen-bond donors (Lipinski definition) is 1. The van der Waals surface area contributed by atoms with E-state index in [1.54, 1.807) is 30.3 Å². The Bertz CT molecular complexity index is 1360. The normalized spacial score (nSPS) is 11.3. The molecule has 7 nitrogen and oxygen atoms in total. The van der Waals surface area contributed by atoms with Crippen LogP contribution >= 0.6 is 0 Å². The summed E-state index contributed by atoms with van der Waals surface area (Å²) in [5.74, 6) is -0.171. The van der Waals surface area contributed by atoms with Gasteiger partial charge in [0.05, 0.1) is 4.90 Å². The number of carboxylic acid groups (broad SMARTS) is 1. The van der Waals surface area contributed by atoms with Crippen LogP contribution in [0.5, 0.6) is 5.75 Å². The Hall–Kier alpha value is -3.91. The second-order valence-electron chi connectivity index (χ2n) is 7.04. The standard InChI is InChI=1S/C24H19NO6S/c1-32(28,29)18-13-11-17(12-14-18)23-22(16-7-3-2-4-8-16)25-21(31-23)15-30-20-10-6-5-9-19(20)24(26)27/h2-14H,15H2,1H3,(H,26,27). The number of para-hydroxylation sites is 1. The van der Waals surface area contributed by atoms with Gasteiger partial charge in [-0.25, -0.2) is 18.2 Å². The predicted molar refractivity (Wildman–Crippen MR) is 118 cm³/mol. The van der Waals surface area contributed by atoms with Gasteiger partial charge in [-0.1, -0.05) is 42.5 Å². The van der Waals surface area contributed by atoms with E-state index in [-0.39, 0.29) is 28.7 Å². The monoisotopic (exact) mass is 449 g/mol. The van der Waals surface area contributed by atoms with E-state index in [1.165, 1.54) is 18.2 Å². The van der Waals surface area contributed by atoms with Crippen molar-refractivity contribution in [2.45, 2.75) is 11.5 Å². The number of carbonyl (C=O) groups is 1. The highest BCUT2D eigenvalue weighted by Crippen LogP contribution is 2.33. The molecule has 0 spiro atoms. The second-order valence-corrected chi connectivity index (χ2v) is 9.05. The van der Waals surface area contributed by atoms with Crippen LogP contribution < -0.4 is 4.74 Å². The lowest BCUT2D eigenvalue weighted by molar-refractivity contribution is 0.0691. The molecule has 4 aromatic rings. The third kappa shape index (κ3) is 4.55. The lowest BCUT2D eigenvalue weighted by Crippen LogP contribution is -2.03. The van der Waals surface area contributed by atoms with Gasteiger partial charge >= 0.3 is 5.97 Å². The van der Waals surface area contributed by atoms with Gasteiger partial charge in [0.1, 0.15) is 17.0 Å². The van der Waals surface area contributed by atoms with Gasteiger partial charge in [0, 0.05) is 17.4 Å². The van der Waals surface area contributed by atoms with Gasteiger partial charge in [0.15, 0.2) is 22.2 Å². The molecule has 0 atom stereocenters. The molecule has 0 aliphatic carbocycles. The molecule has 0 unspecified atom stereocenters. The van der Waals surface area contributed by atoms with Crippen molar-refractivity contribution in [2.24, 2.45) is 0 Å². The fourth-order valence-corrected chi connectivity index (χ4v) is 3.81. The van der Waals surface area contributed by atoms with E-state index in [9.17, 15) is 18.3 Å². The Labute approximate surface area is 184 Å². The zero-order valence-corrected chi connectivity index (χ0v) is 17.9. The predicted octanol–water partition coefficient (Wildman–Crippen LogP) is 4.69. The number of aromatic carboxylic acids is 1. The molecule has 0 fully saturated rings. The lowest BCUT2D eigenvalue weighted by atomic mass is 10.1. The molecule has 3 aromatic carbocycles. The molecule has 0 radical (unpaired) electrons. The van der Waals surface area contributed by atoms with Crippen molar-refractivity contribution in [3.8, 4) is 28.3 Å². The summed E-state index contributed by atoms with van der Waals surface area (Å²) in [4.78, 5) is 16.2. The third-order valence-corrected chi connectivity index (χ3v) is 5.86. The Morgan fingerprint density at radius 2 is 1.59 bits per heavy atom. The van der Waals surface area contributed by atoms with Crippen LogP contribution in [0.4, 0.5) is 0 Å². The Morgan fingerprint density at radius 3 is 2.25 bits per heavy atom. The number of hydrogen-bond acceptors (Lipinski definition) is 6. The number of rotatable bonds is 7. The molecule has 1 heterocycles. The second kappa shape index (κ2) is 8.68. The van der Waals surface area contributed by atoms with Gasteiger partial charge in [-0.05, 0) is 36.4 Å². The fraction of sp³-hybridized carbons (Fsp3) is 0.0833. The summed E-state index contributed by atoms with van der Waals surface area (Å²) in [7, 11) is -3.32. The van der Waals surface area contributed by atoms with E-state index >= 15 is 0 Å². The highest BCUT2D eigenvalue weighted by atomic mass is 32.2. The van der Waals surface area contributed by atoms with E-state index in [2.05, 4.69) is 4.98 Å². The van der Waals surface area contributed by atoms with E-state index in [4.69, 9.17) is 9.15 Å². The topological polar surface area (TPSA) is 107 Å². The van der Waals surface area contributed by atoms with Gasteiger partial charge in [0.25, 0.3) is 0 Å². The van der Waals surface area contributed by atoms with Crippen molar-refractivity contribution in [3.05, 3.63) is 90.3 Å². The Balaban J connectivity index is 1.70. The zero-order chi connectivity index (χ0) is 22.7. The fourth-order valence-electron chi connectivity index (χ4n) is 3.18. The van der Waals surface area contributed by atoms with Crippen LogP contribution in [0.15, 0.2) is 88.2 Å². The van der Waals surface area contributed by atoms with E-state index in [0.29, 0.717) is 17.0 Å².